The molecule has 0 amide bonds. The van der Waals surface area contributed by atoms with Gasteiger partial charge in [-0.05, 0) is 62.1 Å². The number of hydrogen-bond donors (Lipinski definition) is 1. The number of benzene rings is 3. The second kappa shape index (κ2) is 7.40. The molecule has 1 N–H and O–H groups in total. The molecule has 3 rings (SSSR count). The first-order valence-electron chi connectivity index (χ1n) is 8.71. The molecule has 3 aromatic rings. The van der Waals surface area contributed by atoms with Crippen molar-refractivity contribution < 1.29 is 0 Å². The molecular formula is C24H25N. The zero-order valence-electron chi connectivity index (χ0n) is 15.4. The van der Waals surface area contributed by atoms with Crippen LogP contribution in [0.3, 0.4) is 0 Å². The summed E-state index contributed by atoms with van der Waals surface area (Å²) in [6, 6.07) is 21.5. The molecule has 1 nitrogen and oxygen atoms in total. The van der Waals surface area contributed by atoms with Crippen LogP contribution in [0.5, 0.6) is 0 Å². The van der Waals surface area contributed by atoms with E-state index >= 15 is 0 Å². The van der Waals surface area contributed by atoms with E-state index in [1.165, 1.54) is 39.1 Å². The van der Waals surface area contributed by atoms with Crippen LogP contribution in [0.4, 0.5) is 11.4 Å². The standard InChI is InChI=1S/C24H25N/c1-17-5-7-21(8-6-17)9-10-22-11-13-23(14-12-22)25-24-19(3)15-18(2)16-20(24)4/h5-16,25H,1-4H3/b10-9+. The van der Waals surface area contributed by atoms with E-state index < -0.39 is 0 Å². The molecule has 25 heavy (non-hydrogen) atoms. The van der Waals surface area contributed by atoms with Crippen LogP contribution in [0.15, 0.2) is 60.7 Å². The maximum absolute atomic E-state index is 3.55. The van der Waals surface area contributed by atoms with Crippen LogP contribution < -0.4 is 5.32 Å². The molecule has 0 radical (unpaired) electrons. The van der Waals surface area contributed by atoms with Gasteiger partial charge >= 0.3 is 0 Å². The quantitative estimate of drug-likeness (QED) is 0.518. The van der Waals surface area contributed by atoms with E-state index in [-0.39, 0.29) is 0 Å². The minimum absolute atomic E-state index is 1.11. The third kappa shape index (κ3) is 4.39. The van der Waals surface area contributed by atoms with E-state index in [1.807, 2.05) is 0 Å². The second-order valence-corrected chi connectivity index (χ2v) is 6.76. The van der Waals surface area contributed by atoms with Crippen LogP contribution in [0, 0.1) is 27.7 Å². The second-order valence-electron chi connectivity index (χ2n) is 6.76. The summed E-state index contributed by atoms with van der Waals surface area (Å²) in [7, 11) is 0. The number of hydrogen-bond acceptors (Lipinski definition) is 1. The molecule has 0 unspecified atom stereocenters. The lowest BCUT2D eigenvalue weighted by Crippen LogP contribution is -1.97. The Hall–Kier alpha value is -2.80. The molecule has 0 heterocycles. The van der Waals surface area contributed by atoms with Crippen molar-refractivity contribution in [1.82, 2.24) is 0 Å². The summed E-state index contributed by atoms with van der Waals surface area (Å²) >= 11 is 0. The van der Waals surface area contributed by atoms with Crippen molar-refractivity contribution >= 4 is 23.5 Å². The van der Waals surface area contributed by atoms with Gasteiger partial charge in [0, 0.05) is 11.4 Å². The normalized spacial score (nSPS) is 11.0. The van der Waals surface area contributed by atoms with E-state index in [0.717, 1.165) is 5.69 Å². The van der Waals surface area contributed by atoms with Crippen LogP contribution >= 0.6 is 0 Å². The summed E-state index contributed by atoms with van der Waals surface area (Å²) in [6.07, 6.45) is 4.30. The van der Waals surface area contributed by atoms with Crippen molar-refractivity contribution in [2.45, 2.75) is 27.7 Å². The van der Waals surface area contributed by atoms with Crippen LogP contribution in [-0.2, 0) is 0 Å². The summed E-state index contributed by atoms with van der Waals surface area (Å²) < 4.78 is 0. The van der Waals surface area contributed by atoms with E-state index in [9.17, 15) is 0 Å². The SMILES string of the molecule is Cc1ccc(/C=C/c2ccc(Nc3c(C)cc(C)cc3C)cc2)cc1. The highest BCUT2D eigenvalue weighted by molar-refractivity contribution is 5.72. The molecule has 0 atom stereocenters. The number of aryl methyl sites for hydroxylation is 4. The number of anilines is 2. The van der Waals surface area contributed by atoms with E-state index in [4.69, 9.17) is 0 Å². The Morgan fingerprint density at radius 3 is 1.60 bits per heavy atom. The molecule has 0 spiro atoms. The van der Waals surface area contributed by atoms with Crippen molar-refractivity contribution in [3.05, 3.63) is 94.0 Å². The molecule has 0 aliphatic heterocycles. The average molecular weight is 327 g/mol. The van der Waals surface area contributed by atoms with Crippen LogP contribution in [0.2, 0.25) is 0 Å². The first kappa shape index (κ1) is 17.0. The number of nitrogens with one attached hydrogen (secondary N) is 1. The third-order valence-electron chi connectivity index (χ3n) is 4.40. The van der Waals surface area contributed by atoms with Gasteiger partial charge in [0.05, 0.1) is 0 Å². The Morgan fingerprint density at radius 2 is 1.08 bits per heavy atom. The number of rotatable bonds is 4. The van der Waals surface area contributed by atoms with Gasteiger partial charge in [0.15, 0.2) is 0 Å². The summed E-state index contributed by atoms with van der Waals surface area (Å²) in [5.74, 6) is 0. The molecule has 3 aromatic carbocycles. The average Bonchev–Trinajstić information content (AvgIpc) is 2.59. The molecule has 0 bridgehead atoms. The lowest BCUT2D eigenvalue weighted by atomic mass is 10.0. The maximum atomic E-state index is 3.55. The summed E-state index contributed by atoms with van der Waals surface area (Å²) in [4.78, 5) is 0. The molecule has 0 saturated carbocycles. The topological polar surface area (TPSA) is 12.0 Å². The van der Waals surface area contributed by atoms with Crippen LogP contribution in [0.1, 0.15) is 33.4 Å². The van der Waals surface area contributed by atoms with E-state index in [2.05, 4.69) is 106 Å². The van der Waals surface area contributed by atoms with Crippen molar-refractivity contribution in [3.63, 3.8) is 0 Å². The highest BCUT2D eigenvalue weighted by Gasteiger charge is 2.04. The fraction of sp³-hybridized carbons (Fsp3) is 0.167. The maximum Gasteiger partial charge on any atom is 0.0443 e. The highest BCUT2D eigenvalue weighted by atomic mass is 14.9. The van der Waals surface area contributed by atoms with Gasteiger partial charge in [-0.1, -0.05) is 71.8 Å². The monoisotopic (exact) mass is 327 g/mol. The van der Waals surface area contributed by atoms with E-state index in [0.29, 0.717) is 0 Å². The van der Waals surface area contributed by atoms with Gasteiger partial charge in [0.1, 0.15) is 0 Å². The summed E-state index contributed by atoms with van der Waals surface area (Å²) in [5.41, 5.74) is 9.88. The predicted molar refractivity (Wildman–Crippen MR) is 110 cm³/mol. The fourth-order valence-corrected chi connectivity index (χ4v) is 3.07. The first-order valence-corrected chi connectivity index (χ1v) is 8.71. The zero-order chi connectivity index (χ0) is 17.8. The third-order valence-corrected chi connectivity index (χ3v) is 4.40. The first-order chi connectivity index (χ1) is 12.0. The molecule has 126 valence electrons. The van der Waals surface area contributed by atoms with Gasteiger partial charge in [0.2, 0.25) is 0 Å². The Labute approximate surface area is 151 Å². The predicted octanol–water partition coefficient (Wildman–Crippen LogP) is 6.83. The Kier molecular flexibility index (Phi) is 5.04. The van der Waals surface area contributed by atoms with Crippen molar-refractivity contribution in [2.24, 2.45) is 0 Å². The van der Waals surface area contributed by atoms with Gasteiger partial charge in [0.25, 0.3) is 0 Å². The van der Waals surface area contributed by atoms with Crippen LogP contribution in [0.25, 0.3) is 12.2 Å². The molecule has 0 aromatic heterocycles. The fourth-order valence-electron chi connectivity index (χ4n) is 3.07. The molecule has 0 aliphatic rings. The lowest BCUT2D eigenvalue weighted by molar-refractivity contribution is 1.31. The minimum atomic E-state index is 1.11. The van der Waals surface area contributed by atoms with Crippen molar-refractivity contribution in [3.8, 4) is 0 Å². The lowest BCUT2D eigenvalue weighted by Gasteiger charge is -2.14. The smallest absolute Gasteiger partial charge is 0.0443 e. The summed E-state index contributed by atoms with van der Waals surface area (Å²) in [5, 5.41) is 3.55. The highest BCUT2D eigenvalue weighted by Crippen LogP contribution is 2.26. The Bertz CT molecular complexity index is 861. The van der Waals surface area contributed by atoms with Gasteiger partial charge in [-0.15, -0.1) is 0 Å². The largest absolute Gasteiger partial charge is 0.355 e. The Morgan fingerprint density at radius 1 is 0.600 bits per heavy atom. The minimum Gasteiger partial charge on any atom is -0.355 e. The van der Waals surface area contributed by atoms with Crippen molar-refractivity contribution in [2.75, 3.05) is 5.32 Å². The zero-order valence-corrected chi connectivity index (χ0v) is 15.4. The Balaban J connectivity index is 1.73. The molecular weight excluding hydrogens is 302 g/mol. The van der Waals surface area contributed by atoms with Gasteiger partial charge in [-0.25, -0.2) is 0 Å². The van der Waals surface area contributed by atoms with Gasteiger partial charge < -0.3 is 5.32 Å². The molecule has 0 fully saturated rings. The molecule has 0 saturated heterocycles. The molecule has 0 aliphatic carbocycles. The van der Waals surface area contributed by atoms with E-state index in [1.54, 1.807) is 0 Å². The van der Waals surface area contributed by atoms with Gasteiger partial charge in [-0.3, -0.25) is 0 Å². The summed E-state index contributed by atoms with van der Waals surface area (Å²) in [6.45, 7) is 8.55. The van der Waals surface area contributed by atoms with Gasteiger partial charge in [-0.2, -0.15) is 0 Å². The van der Waals surface area contributed by atoms with Crippen LogP contribution in [-0.4, -0.2) is 0 Å². The molecule has 1 heteroatoms. The van der Waals surface area contributed by atoms with Crippen molar-refractivity contribution in [1.29, 1.82) is 0 Å².